The summed E-state index contributed by atoms with van der Waals surface area (Å²) < 4.78 is 13.7. The van der Waals surface area contributed by atoms with Gasteiger partial charge < -0.3 is 15.0 Å². The summed E-state index contributed by atoms with van der Waals surface area (Å²) in [5.74, 6) is 4.01. The fourth-order valence-corrected chi connectivity index (χ4v) is 15.2. The van der Waals surface area contributed by atoms with Gasteiger partial charge in [0.1, 0.15) is 11.6 Å². The number of aliphatic hydroxyl groups is 1. The van der Waals surface area contributed by atoms with Crippen molar-refractivity contribution in [2.45, 2.75) is 144 Å². The van der Waals surface area contributed by atoms with E-state index in [-0.39, 0.29) is 45.0 Å². The second-order valence-corrected chi connectivity index (χ2v) is 20.4. The summed E-state index contributed by atoms with van der Waals surface area (Å²) in [6.45, 7) is 16.1. The minimum Gasteiger partial charge on any atom is -0.393 e. The largest absolute Gasteiger partial charge is 0.393 e. The van der Waals surface area contributed by atoms with Crippen molar-refractivity contribution >= 4 is 5.91 Å². The summed E-state index contributed by atoms with van der Waals surface area (Å²) in [6, 6.07) is 6.56. The Balaban J connectivity index is 1.05. The lowest BCUT2D eigenvalue weighted by molar-refractivity contribution is -0.249. The lowest BCUT2D eigenvalue weighted by atomic mass is 9.32. The van der Waals surface area contributed by atoms with Gasteiger partial charge >= 0.3 is 0 Å². The summed E-state index contributed by atoms with van der Waals surface area (Å²) >= 11 is 0. The predicted octanol–water partition coefficient (Wildman–Crippen LogP) is 10.1. The first kappa shape index (κ1) is 33.6. The average Bonchev–Trinajstić information content (AvgIpc) is 3.48. The second-order valence-electron chi connectivity index (χ2n) is 20.4. The molecule has 7 fully saturated rings. The molecule has 2 heterocycles. The van der Waals surface area contributed by atoms with Crippen LogP contribution in [-0.4, -0.2) is 38.5 Å². The van der Waals surface area contributed by atoms with Crippen LogP contribution in [0.3, 0.4) is 0 Å². The number of carbonyl (C=O) groups excluding carboxylic acids is 1. The van der Waals surface area contributed by atoms with Crippen molar-refractivity contribution in [2.24, 2.45) is 62.1 Å². The molecule has 1 aromatic heterocycles. The number of hydrogen-bond donors (Lipinski definition) is 2. The van der Waals surface area contributed by atoms with Gasteiger partial charge in [0.05, 0.1) is 29.5 Å². The third-order valence-corrected chi connectivity index (χ3v) is 18.4. The molecule has 6 aliphatic carbocycles. The van der Waals surface area contributed by atoms with Crippen molar-refractivity contribution in [1.82, 2.24) is 14.9 Å². The Morgan fingerprint density at radius 2 is 1.58 bits per heavy atom. The molecular weight excluding hydrogens is 622 g/mol. The highest BCUT2D eigenvalue weighted by molar-refractivity contribution is 5.84. The van der Waals surface area contributed by atoms with E-state index in [9.17, 15) is 9.50 Å². The van der Waals surface area contributed by atoms with Gasteiger partial charge in [0, 0.05) is 6.54 Å². The lowest BCUT2D eigenvalue weighted by Gasteiger charge is -2.73. The van der Waals surface area contributed by atoms with Gasteiger partial charge in [-0.3, -0.25) is 4.79 Å². The fraction of sp³-hybridized carbons (Fsp3) is 0.773. The van der Waals surface area contributed by atoms with Crippen LogP contribution in [0.5, 0.6) is 0 Å². The number of fused-ring (bicyclic) bond motifs is 7. The number of likely N-dealkylation sites (tertiary alicyclic amines) is 1. The summed E-state index contributed by atoms with van der Waals surface area (Å²) in [4.78, 5) is 26.2. The van der Waals surface area contributed by atoms with Crippen LogP contribution >= 0.6 is 0 Å². The van der Waals surface area contributed by atoms with Crippen molar-refractivity contribution in [2.75, 3.05) is 6.54 Å². The van der Waals surface area contributed by atoms with E-state index in [1.54, 1.807) is 12.1 Å². The first-order valence-electron chi connectivity index (χ1n) is 20.5. The molecule has 1 amide bonds. The van der Waals surface area contributed by atoms with Crippen LogP contribution < -0.4 is 0 Å². The first-order chi connectivity index (χ1) is 23.7. The molecule has 11 atom stereocenters. The minimum atomic E-state index is -0.267. The van der Waals surface area contributed by atoms with Crippen LogP contribution in [0, 0.1) is 67.9 Å². The second kappa shape index (κ2) is 10.9. The maximum absolute atomic E-state index is 15.5. The zero-order chi connectivity index (χ0) is 35.1. The quantitative estimate of drug-likeness (QED) is 0.337. The topological polar surface area (TPSA) is 69.2 Å². The van der Waals surface area contributed by atoms with Gasteiger partial charge in [-0.25, -0.2) is 9.37 Å². The number of carbonyl (C=O) groups is 1. The van der Waals surface area contributed by atoms with Gasteiger partial charge in [-0.1, -0.05) is 41.5 Å². The molecule has 1 aliphatic heterocycles. The summed E-state index contributed by atoms with van der Waals surface area (Å²) in [6.07, 6.45) is 17.8. The number of aromatic nitrogens is 2. The molecule has 2 aromatic rings. The first-order valence-corrected chi connectivity index (χ1v) is 20.5. The SMILES string of the molecule is CC1(C2CCC3(C(=O)N4CCCC4c4ncc(-c5ccc(F)cc5)[nH]4)CCC4(C)C(CCC5C6(C)CCC(O)C(C)(C)C6CCC54C)C23)CC1. The summed E-state index contributed by atoms with van der Waals surface area (Å²) in [5, 5.41) is 11.2. The molecule has 0 radical (unpaired) electrons. The van der Waals surface area contributed by atoms with Crippen molar-refractivity contribution in [1.29, 1.82) is 0 Å². The summed E-state index contributed by atoms with van der Waals surface area (Å²) in [5.41, 5.74) is 2.65. The molecule has 7 aliphatic rings. The molecule has 6 saturated carbocycles. The van der Waals surface area contributed by atoms with Crippen molar-refractivity contribution < 1.29 is 14.3 Å². The molecule has 272 valence electrons. The Kier molecular flexibility index (Phi) is 7.34. The maximum atomic E-state index is 15.5. The number of rotatable bonds is 4. The average molecular weight is 684 g/mol. The van der Waals surface area contributed by atoms with E-state index >= 15 is 4.79 Å². The molecular formula is C44H62FN3O2. The van der Waals surface area contributed by atoms with E-state index in [2.05, 4.69) is 51.4 Å². The van der Waals surface area contributed by atoms with Gasteiger partial charge in [0.2, 0.25) is 5.91 Å². The molecule has 0 bridgehead atoms. The van der Waals surface area contributed by atoms with Gasteiger partial charge in [-0.2, -0.15) is 0 Å². The Bertz CT molecular complexity index is 1660. The van der Waals surface area contributed by atoms with Crippen LogP contribution in [0.25, 0.3) is 11.3 Å². The van der Waals surface area contributed by atoms with Gasteiger partial charge in [-0.15, -0.1) is 0 Å². The number of benzene rings is 1. The zero-order valence-corrected chi connectivity index (χ0v) is 31.7. The highest BCUT2D eigenvalue weighted by Gasteiger charge is 2.73. The lowest BCUT2D eigenvalue weighted by Crippen LogP contribution is -2.67. The van der Waals surface area contributed by atoms with Crippen molar-refractivity contribution in [3.8, 4) is 11.3 Å². The standard InChI is InChI=1S/C44H62FN3O2/c1-39(2)33-16-19-43(6)34(41(33,4)18-17-35(39)49)14-13-30-36-29(40(3)21-22-40)15-20-44(36,24-23-42(30,43)5)38(50)48-25-7-8-32(48)37-46-26-31(47-37)27-9-11-28(45)12-10-27/h9-12,26,29-30,32-36,49H,7-8,13-25H2,1-6H3,(H,46,47). The van der Waals surface area contributed by atoms with Crippen molar-refractivity contribution in [3.05, 3.63) is 42.1 Å². The molecule has 6 heteroatoms. The molecule has 5 nitrogen and oxygen atoms in total. The number of nitrogens with zero attached hydrogens (tertiary/aromatic N) is 2. The van der Waals surface area contributed by atoms with E-state index in [0.29, 0.717) is 40.9 Å². The maximum Gasteiger partial charge on any atom is 0.229 e. The third kappa shape index (κ3) is 4.38. The molecule has 11 unspecified atom stereocenters. The minimum absolute atomic E-state index is 0.0240. The summed E-state index contributed by atoms with van der Waals surface area (Å²) in [7, 11) is 0. The fourth-order valence-electron chi connectivity index (χ4n) is 15.2. The van der Waals surface area contributed by atoms with Crippen LogP contribution in [0.1, 0.15) is 143 Å². The number of hydrogen-bond acceptors (Lipinski definition) is 3. The number of amides is 1. The van der Waals surface area contributed by atoms with E-state index in [4.69, 9.17) is 4.98 Å². The van der Waals surface area contributed by atoms with Gasteiger partial charge in [0.15, 0.2) is 0 Å². The van der Waals surface area contributed by atoms with Crippen molar-refractivity contribution in [3.63, 3.8) is 0 Å². The highest BCUT2D eigenvalue weighted by Crippen LogP contribution is 2.79. The molecule has 1 aromatic carbocycles. The Morgan fingerprint density at radius 3 is 2.32 bits per heavy atom. The zero-order valence-electron chi connectivity index (χ0n) is 31.7. The van der Waals surface area contributed by atoms with Crippen LogP contribution in [-0.2, 0) is 4.79 Å². The molecule has 50 heavy (non-hydrogen) atoms. The Hall–Kier alpha value is -2.21. The van der Waals surface area contributed by atoms with E-state index < -0.39 is 0 Å². The predicted molar refractivity (Wildman–Crippen MR) is 195 cm³/mol. The third-order valence-electron chi connectivity index (χ3n) is 18.4. The number of imidazole rings is 1. The van der Waals surface area contributed by atoms with E-state index in [0.717, 1.165) is 68.6 Å². The number of H-pyrrole nitrogens is 1. The number of aromatic amines is 1. The van der Waals surface area contributed by atoms with E-state index in [1.165, 1.54) is 57.1 Å². The van der Waals surface area contributed by atoms with Gasteiger partial charge in [0.25, 0.3) is 0 Å². The number of nitrogens with one attached hydrogen (secondary N) is 1. The molecule has 2 N–H and O–H groups in total. The van der Waals surface area contributed by atoms with Crippen LogP contribution in [0.15, 0.2) is 30.5 Å². The normalized spacial score (nSPS) is 45.7. The smallest absolute Gasteiger partial charge is 0.229 e. The monoisotopic (exact) mass is 683 g/mol. The van der Waals surface area contributed by atoms with Gasteiger partial charge in [-0.05, 0) is 176 Å². The molecule has 0 spiro atoms. The Morgan fingerprint density at radius 1 is 0.820 bits per heavy atom. The molecule has 9 rings (SSSR count). The Labute approximate surface area is 300 Å². The molecule has 1 saturated heterocycles. The number of halogens is 1. The van der Waals surface area contributed by atoms with Crippen LogP contribution in [0.2, 0.25) is 0 Å². The van der Waals surface area contributed by atoms with Crippen LogP contribution in [0.4, 0.5) is 4.39 Å². The number of aliphatic hydroxyl groups excluding tert-OH is 1. The highest BCUT2D eigenvalue weighted by atomic mass is 19.1. The van der Waals surface area contributed by atoms with E-state index in [1.807, 2.05) is 6.20 Å².